The smallest absolute Gasteiger partial charge is 0.243 e. The van der Waals surface area contributed by atoms with Gasteiger partial charge in [-0.1, -0.05) is 48.9 Å². The minimum absolute atomic E-state index is 0.0366. The molecule has 2 aromatic rings. The molecular formula is C27H39N3O4S. The van der Waals surface area contributed by atoms with E-state index in [2.05, 4.69) is 5.32 Å². The standard InChI is InChI=1S/C27H39N3O4S/c1-7-25(27(32)28-20(2)3)29(19-23-15-13-21(4)14-16-23)26(31)12-9-17-30(35(6,33)34)24-11-8-10-22(5)18-24/h8,10-11,13-16,18,20,25H,7,9,12,17,19H2,1-6H3,(H,28,32)/t25-/m0/s1. The number of hydrogen-bond donors (Lipinski definition) is 1. The van der Waals surface area contributed by atoms with Crippen LogP contribution in [0.4, 0.5) is 5.69 Å². The van der Waals surface area contributed by atoms with Gasteiger partial charge in [0.25, 0.3) is 0 Å². The van der Waals surface area contributed by atoms with Crippen molar-refractivity contribution < 1.29 is 18.0 Å². The van der Waals surface area contributed by atoms with Gasteiger partial charge in [-0.05, 0) is 63.8 Å². The monoisotopic (exact) mass is 501 g/mol. The summed E-state index contributed by atoms with van der Waals surface area (Å²) in [6, 6.07) is 14.5. The van der Waals surface area contributed by atoms with E-state index in [4.69, 9.17) is 0 Å². The van der Waals surface area contributed by atoms with Gasteiger partial charge in [0.15, 0.2) is 0 Å². The van der Waals surface area contributed by atoms with Crippen LogP contribution in [-0.4, -0.2) is 50.0 Å². The highest BCUT2D eigenvalue weighted by molar-refractivity contribution is 7.92. The fraction of sp³-hybridized carbons (Fsp3) is 0.481. The van der Waals surface area contributed by atoms with Crippen molar-refractivity contribution in [3.63, 3.8) is 0 Å². The Hall–Kier alpha value is -2.87. The predicted molar refractivity (Wildman–Crippen MR) is 142 cm³/mol. The molecule has 0 bridgehead atoms. The number of carbonyl (C=O) groups is 2. The number of rotatable bonds is 12. The van der Waals surface area contributed by atoms with Crippen LogP contribution in [0.5, 0.6) is 0 Å². The maximum Gasteiger partial charge on any atom is 0.243 e. The van der Waals surface area contributed by atoms with Crippen LogP contribution < -0.4 is 9.62 Å². The average molecular weight is 502 g/mol. The molecule has 1 N–H and O–H groups in total. The molecule has 2 rings (SSSR count). The van der Waals surface area contributed by atoms with Crippen molar-refractivity contribution in [2.24, 2.45) is 0 Å². The Morgan fingerprint density at radius 2 is 1.66 bits per heavy atom. The Labute approximate surface area is 210 Å². The highest BCUT2D eigenvalue weighted by atomic mass is 32.2. The van der Waals surface area contributed by atoms with E-state index in [1.807, 2.05) is 77.1 Å². The largest absolute Gasteiger partial charge is 0.352 e. The second kappa shape index (κ2) is 12.7. The molecule has 192 valence electrons. The lowest BCUT2D eigenvalue weighted by Crippen LogP contribution is -2.50. The third-order valence-electron chi connectivity index (χ3n) is 5.73. The first-order valence-corrected chi connectivity index (χ1v) is 14.0. The molecule has 0 saturated carbocycles. The Morgan fingerprint density at radius 3 is 2.20 bits per heavy atom. The van der Waals surface area contributed by atoms with Gasteiger partial charge in [-0.3, -0.25) is 13.9 Å². The summed E-state index contributed by atoms with van der Waals surface area (Å²) >= 11 is 0. The van der Waals surface area contributed by atoms with Crippen molar-refractivity contribution in [3.05, 3.63) is 65.2 Å². The average Bonchev–Trinajstić information content (AvgIpc) is 2.76. The fourth-order valence-corrected chi connectivity index (χ4v) is 4.93. The van der Waals surface area contributed by atoms with E-state index < -0.39 is 16.1 Å². The molecule has 0 heterocycles. The van der Waals surface area contributed by atoms with Crippen LogP contribution in [0.3, 0.4) is 0 Å². The molecule has 0 radical (unpaired) electrons. The van der Waals surface area contributed by atoms with Crippen LogP contribution in [0.2, 0.25) is 0 Å². The second-order valence-corrected chi connectivity index (χ2v) is 11.3. The normalized spacial score (nSPS) is 12.3. The van der Waals surface area contributed by atoms with Gasteiger partial charge in [0, 0.05) is 25.6 Å². The number of hydrogen-bond acceptors (Lipinski definition) is 4. The molecule has 0 aliphatic rings. The molecule has 1 atom stereocenters. The van der Waals surface area contributed by atoms with Crippen molar-refractivity contribution in [1.29, 1.82) is 0 Å². The zero-order valence-corrected chi connectivity index (χ0v) is 22.6. The first-order valence-electron chi connectivity index (χ1n) is 12.1. The lowest BCUT2D eigenvalue weighted by Gasteiger charge is -2.31. The number of anilines is 1. The predicted octanol–water partition coefficient (Wildman–Crippen LogP) is 4.18. The van der Waals surface area contributed by atoms with Gasteiger partial charge in [0.2, 0.25) is 21.8 Å². The Bertz CT molecular complexity index is 1100. The third-order valence-corrected chi connectivity index (χ3v) is 6.93. The summed E-state index contributed by atoms with van der Waals surface area (Å²) in [5, 5.41) is 2.92. The Morgan fingerprint density at radius 1 is 1.00 bits per heavy atom. The van der Waals surface area contributed by atoms with E-state index in [9.17, 15) is 18.0 Å². The van der Waals surface area contributed by atoms with E-state index in [-0.39, 0.29) is 30.8 Å². The van der Waals surface area contributed by atoms with E-state index >= 15 is 0 Å². The second-order valence-electron chi connectivity index (χ2n) is 9.37. The van der Waals surface area contributed by atoms with Crippen LogP contribution in [0, 0.1) is 13.8 Å². The van der Waals surface area contributed by atoms with Crippen LogP contribution in [0.25, 0.3) is 0 Å². The van der Waals surface area contributed by atoms with Crippen LogP contribution in [0.15, 0.2) is 48.5 Å². The van der Waals surface area contributed by atoms with E-state index in [0.717, 1.165) is 16.7 Å². The molecule has 0 spiro atoms. The molecule has 2 amide bonds. The lowest BCUT2D eigenvalue weighted by atomic mass is 10.1. The van der Waals surface area contributed by atoms with Crippen LogP contribution in [0.1, 0.15) is 56.7 Å². The zero-order chi connectivity index (χ0) is 26.2. The number of benzene rings is 2. The van der Waals surface area contributed by atoms with Gasteiger partial charge in [-0.15, -0.1) is 0 Å². The summed E-state index contributed by atoms with van der Waals surface area (Å²) in [6.07, 6.45) is 2.13. The van der Waals surface area contributed by atoms with Crippen molar-refractivity contribution in [3.8, 4) is 0 Å². The summed E-state index contributed by atoms with van der Waals surface area (Å²) in [5.41, 5.74) is 3.60. The third kappa shape index (κ3) is 8.69. The molecule has 0 aliphatic heterocycles. The summed E-state index contributed by atoms with van der Waals surface area (Å²) in [7, 11) is -3.51. The van der Waals surface area contributed by atoms with E-state index in [1.165, 1.54) is 10.6 Å². The van der Waals surface area contributed by atoms with Gasteiger partial charge in [-0.2, -0.15) is 0 Å². The van der Waals surface area contributed by atoms with Gasteiger partial charge in [-0.25, -0.2) is 8.42 Å². The number of sulfonamides is 1. The number of nitrogens with zero attached hydrogens (tertiary/aromatic N) is 2. The summed E-state index contributed by atoms with van der Waals surface area (Å²) in [4.78, 5) is 27.9. The molecule has 35 heavy (non-hydrogen) atoms. The van der Waals surface area contributed by atoms with Gasteiger partial charge in [0.05, 0.1) is 11.9 Å². The number of amides is 2. The van der Waals surface area contributed by atoms with Crippen LogP contribution >= 0.6 is 0 Å². The summed E-state index contributed by atoms with van der Waals surface area (Å²) in [5.74, 6) is -0.352. The summed E-state index contributed by atoms with van der Waals surface area (Å²) in [6.45, 7) is 10.1. The Balaban J connectivity index is 2.21. The maximum absolute atomic E-state index is 13.4. The zero-order valence-electron chi connectivity index (χ0n) is 21.7. The number of aryl methyl sites for hydroxylation is 2. The molecular weight excluding hydrogens is 462 g/mol. The minimum atomic E-state index is -3.51. The fourth-order valence-electron chi connectivity index (χ4n) is 3.98. The van der Waals surface area contributed by atoms with Crippen molar-refractivity contribution >= 4 is 27.5 Å². The van der Waals surface area contributed by atoms with Gasteiger partial charge < -0.3 is 10.2 Å². The van der Waals surface area contributed by atoms with Crippen molar-refractivity contribution in [2.75, 3.05) is 17.1 Å². The molecule has 7 nitrogen and oxygen atoms in total. The number of nitrogens with one attached hydrogen (secondary N) is 1. The first kappa shape index (κ1) is 28.4. The van der Waals surface area contributed by atoms with Gasteiger partial charge in [0.1, 0.15) is 6.04 Å². The Kier molecular flexibility index (Phi) is 10.3. The molecule has 0 saturated heterocycles. The highest BCUT2D eigenvalue weighted by Gasteiger charge is 2.29. The molecule has 0 aromatic heterocycles. The number of carbonyl (C=O) groups excluding carboxylic acids is 2. The topological polar surface area (TPSA) is 86.8 Å². The molecule has 0 fully saturated rings. The van der Waals surface area contributed by atoms with Crippen molar-refractivity contribution in [1.82, 2.24) is 10.2 Å². The summed E-state index contributed by atoms with van der Waals surface area (Å²) < 4.78 is 26.2. The van der Waals surface area contributed by atoms with Crippen molar-refractivity contribution in [2.45, 2.75) is 72.5 Å². The van der Waals surface area contributed by atoms with E-state index in [0.29, 0.717) is 25.1 Å². The molecule has 2 aromatic carbocycles. The van der Waals surface area contributed by atoms with Crippen LogP contribution in [-0.2, 0) is 26.2 Å². The molecule has 8 heteroatoms. The highest BCUT2D eigenvalue weighted by Crippen LogP contribution is 2.21. The SMILES string of the molecule is CC[C@@H](C(=O)NC(C)C)N(Cc1ccc(C)cc1)C(=O)CCCN(c1cccc(C)c1)S(C)(=O)=O. The van der Waals surface area contributed by atoms with E-state index in [1.54, 1.807) is 11.0 Å². The minimum Gasteiger partial charge on any atom is -0.352 e. The lowest BCUT2D eigenvalue weighted by molar-refractivity contribution is -0.141. The molecule has 0 unspecified atom stereocenters. The molecule has 0 aliphatic carbocycles. The van der Waals surface area contributed by atoms with Gasteiger partial charge >= 0.3 is 0 Å². The quantitative estimate of drug-likeness (QED) is 0.473. The first-order chi connectivity index (χ1) is 16.4. The maximum atomic E-state index is 13.4.